The molecule has 0 aromatic carbocycles. The second-order valence-electron chi connectivity index (χ2n) is 5.41. The summed E-state index contributed by atoms with van der Waals surface area (Å²) in [4.78, 5) is 24.4. The van der Waals surface area contributed by atoms with Gasteiger partial charge in [0.1, 0.15) is 16.8 Å². The zero-order valence-electron chi connectivity index (χ0n) is 12.3. The maximum atomic E-state index is 11.5. The van der Waals surface area contributed by atoms with E-state index < -0.39 is 0 Å². The van der Waals surface area contributed by atoms with Crippen LogP contribution in [-0.2, 0) is 4.79 Å². The van der Waals surface area contributed by atoms with Gasteiger partial charge >= 0.3 is 0 Å². The zero-order chi connectivity index (χ0) is 14.7. The summed E-state index contributed by atoms with van der Waals surface area (Å²) in [6.45, 7) is 8.92. The third-order valence-corrected chi connectivity index (χ3v) is 3.67. The number of hydrogen-bond donors (Lipinski definition) is 0. The fourth-order valence-corrected chi connectivity index (χ4v) is 2.49. The molecule has 1 saturated heterocycles. The van der Waals surface area contributed by atoms with E-state index in [-0.39, 0.29) is 11.8 Å². The molecule has 1 fully saturated rings. The Morgan fingerprint density at radius 3 is 2.65 bits per heavy atom. The molecular weight excluding hydrogens is 276 g/mol. The van der Waals surface area contributed by atoms with E-state index in [0.717, 1.165) is 44.2 Å². The van der Waals surface area contributed by atoms with E-state index in [9.17, 15) is 4.79 Å². The van der Waals surface area contributed by atoms with Gasteiger partial charge in [-0.1, -0.05) is 25.4 Å². The molecule has 110 valence electrons. The first kappa shape index (κ1) is 15.0. The number of amides is 1. The molecule has 1 amide bonds. The van der Waals surface area contributed by atoms with Crippen LogP contribution in [0, 0.1) is 0 Å². The van der Waals surface area contributed by atoms with Crippen molar-refractivity contribution in [3.05, 3.63) is 17.0 Å². The van der Waals surface area contributed by atoms with Crippen LogP contribution < -0.4 is 4.90 Å². The van der Waals surface area contributed by atoms with Crippen LogP contribution in [0.25, 0.3) is 0 Å². The predicted molar refractivity (Wildman–Crippen MR) is 80.2 cm³/mol. The molecule has 6 heteroatoms. The highest BCUT2D eigenvalue weighted by Crippen LogP contribution is 2.21. The van der Waals surface area contributed by atoms with Crippen LogP contribution in [0.15, 0.2) is 6.07 Å². The first-order valence-electron chi connectivity index (χ1n) is 7.02. The number of carbonyl (C=O) groups excluding carboxylic acids is 1. The topological polar surface area (TPSA) is 49.3 Å². The third-order valence-electron chi connectivity index (χ3n) is 3.48. The third kappa shape index (κ3) is 3.60. The number of nitrogens with zero attached hydrogens (tertiary/aromatic N) is 4. The molecule has 1 aliphatic heterocycles. The Morgan fingerprint density at radius 2 is 2.00 bits per heavy atom. The Kier molecular flexibility index (Phi) is 4.81. The van der Waals surface area contributed by atoms with Crippen molar-refractivity contribution in [3.63, 3.8) is 0 Å². The summed E-state index contributed by atoms with van der Waals surface area (Å²) < 4.78 is 0. The predicted octanol–water partition coefficient (Wildman–Crippen LogP) is 2.31. The summed E-state index contributed by atoms with van der Waals surface area (Å²) in [5.74, 6) is 2.00. The molecule has 0 saturated carbocycles. The quantitative estimate of drug-likeness (QED) is 0.786. The van der Waals surface area contributed by atoms with Crippen LogP contribution in [0.3, 0.4) is 0 Å². The Balaban J connectivity index is 2.17. The average molecular weight is 297 g/mol. The first-order chi connectivity index (χ1) is 9.47. The molecule has 0 spiro atoms. The molecule has 2 rings (SSSR count). The van der Waals surface area contributed by atoms with Crippen molar-refractivity contribution in [3.8, 4) is 0 Å². The summed E-state index contributed by atoms with van der Waals surface area (Å²) in [6.07, 6.45) is 0.943. The minimum absolute atomic E-state index is 0.135. The van der Waals surface area contributed by atoms with Crippen molar-refractivity contribution < 1.29 is 4.79 Å². The van der Waals surface area contributed by atoms with Gasteiger partial charge in [-0.05, 0) is 6.42 Å². The van der Waals surface area contributed by atoms with Gasteiger partial charge in [0.05, 0.1) is 0 Å². The largest absolute Gasteiger partial charge is 0.355 e. The first-order valence-corrected chi connectivity index (χ1v) is 7.40. The van der Waals surface area contributed by atoms with Gasteiger partial charge in [-0.25, -0.2) is 9.97 Å². The fourth-order valence-electron chi connectivity index (χ4n) is 2.30. The second-order valence-corrected chi connectivity index (χ2v) is 5.80. The lowest BCUT2D eigenvalue weighted by molar-refractivity contribution is -0.128. The van der Waals surface area contributed by atoms with Crippen LogP contribution in [-0.4, -0.2) is 47.0 Å². The van der Waals surface area contributed by atoms with Crippen LogP contribution in [0.5, 0.6) is 0 Å². The second kappa shape index (κ2) is 6.39. The van der Waals surface area contributed by atoms with E-state index in [0.29, 0.717) is 5.15 Å². The molecule has 5 nitrogen and oxygen atoms in total. The highest BCUT2D eigenvalue weighted by atomic mass is 35.5. The van der Waals surface area contributed by atoms with E-state index in [1.165, 1.54) is 0 Å². The molecule has 0 aliphatic carbocycles. The zero-order valence-corrected chi connectivity index (χ0v) is 13.0. The molecule has 20 heavy (non-hydrogen) atoms. The molecule has 2 heterocycles. The van der Waals surface area contributed by atoms with Gasteiger partial charge in [0, 0.05) is 45.1 Å². The van der Waals surface area contributed by atoms with Gasteiger partial charge in [0.25, 0.3) is 0 Å². The number of hydrogen-bond acceptors (Lipinski definition) is 4. The Morgan fingerprint density at radius 1 is 1.25 bits per heavy atom. The van der Waals surface area contributed by atoms with E-state index >= 15 is 0 Å². The molecule has 1 aliphatic rings. The molecule has 0 radical (unpaired) electrons. The van der Waals surface area contributed by atoms with Crippen molar-refractivity contribution in [2.24, 2.45) is 0 Å². The summed E-state index contributed by atoms with van der Waals surface area (Å²) >= 11 is 6.09. The minimum atomic E-state index is 0.135. The number of anilines is 1. The lowest BCUT2D eigenvalue weighted by Crippen LogP contribution is -2.34. The highest BCUT2D eigenvalue weighted by molar-refractivity contribution is 6.29. The standard InChI is InChI=1S/C14H21ClN4O/c1-10(2)14-16-12(15)9-13(17-14)19-6-4-5-18(7-8-19)11(3)20/h9-10H,4-8H2,1-3H3. The Bertz CT molecular complexity index is 492. The summed E-state index contributed by atoms with van der Waals surface area (Å²) in [7, 11) is 0. The molecule has 0 atom stereocenters. The van der Waals surface area contributed by atoms with Crippen LogP contribution in [0.4, 0.5) is 5.82 Å². The van der Waals surface area contributed by atoms with E-state index in [1.807, 2.05) is 4.90 Å². The van der Waals surface area contributed by atoms with Gasteiger partial charge < -0.3 is 9.80 Å². The summed E-state index contributed by atoms with van der Waals surface area (Å²) in [6, 6.07) is 1.80. The summed E-state index contributed by atoms with van der Waals surface area (Å²) in [5.41, 5.74) is 0. The number of halogens is 1. The minimum Gasteiger partial charge on any atom is -0.355 e. The molecule has 1 aromatic heterocycles. The highest BCUT2D eigenvalue weighted by Gasteiger charge is 2.19. The smallest absolute Gasteiger partial charge is 0.219 e. The van der Waals surface area contributed by atoms with Crippen LogP contribution in [0.2, 0.25) is 5.15 Å². The Labute approximate surface area is 124 Å². The van der Waals surface area contributed by atoms with Crippen molar-refractivity contribution in [1.29, 1.82) is 0 Å². The van der Waals surface area contributed by atoms with Crippen molar-refractivity contribution in [1.82, 2.24) is 14.9 Å². The molecular formula is C14H21ClN4O. The van der Waals surface area contributed by atoms with E-state index in [1.54, 1.807) is 13.0 Å². The molecule has 0 bridgehead atoms. The lowest BCUT2D eigenvalue weighted by atomic mass is 10.2. The Hall–Kier alpha value is -1.36. The number of carbonyl (C=O) groups is 1. The molecule has 1 aromatic rings. The van der Waals surface area contributed by atoms with E-state index in [4.69, 9.17) is 11.6 Å². The van der Waals surface area contributed by atoms with Crippen LogP contribution in [0.1, 0.15) is 38.9 Å². The monoisotopic (exact) mass is 296 g/mol. The SMILES string of the molecule is CC(=O)N1CCCN(c2cc(Cl)nc(C(C)C)n2)CC1. The summed E-state index contributed by atoms with van der Waals surface area (Å²) in [5, 5.41) is 0.478. The van der Waals surface area contributed by atoms with Gasteiger partial charge in [-0.2, -0.15) is 0 Å². The van der Waals surface area contributed by atoms with Gasteiger partial charge in [-0.3, -0.25) is 4.79 Å². The van der Waals surface area contributed by atoms with Crippen molar-refractivity contribution in [2.45, 2.75) is 33.1 Å². The van der Waals surface area contributed by atoms with Crippen molar-refractivity contribution >= 4 is 23.3 Å². The molecule has 0 N–H and O–H groups in total. The van der Waals surface area contributed by atoms with Crippen molar-refractivity contribution in [2.75, 3.05) is 31.1 Å². The normalized spacial score (nSPS) is 16.4. The number of rotatable bonds is 2. The fraction of sp³-hybridized carbons (Fsp3) is 0.643. The molecule has 0 unspecified atom stereocenters. The van der Waals surface area contributed by atoms with Gasteiger partial charge in [0.2, 0.25) is 5.91 Å². The van der Waals surface area contributed by atoms with Crippen LogP contribution >= 0.6 is 11.6 Å². The number of aromatic nitrogens is 2. The van der Waals surface area contributed by atoms with Gasteiger partial charge in [-0.15, -0.1) is 0 Å². The average Bonchev–Trinajstić information content (AvgIpc) is 2.63. The lowest BCUT2D eigenvalue weighted by Gasteiger charge is -2.23. The van der Waals surface area contributed by atoms with E-state index in [2.05, 4.69) is 28.7 Å². The maximum Gasteiger partial charge on any atom is 0.219 e. The van der Waals surface area contributed by atoms with Gasteiger partial charge in [0.15, 0.2) is 0 Å². The maximum absolute atomic E-state index is 11.5.